The number of hydrogen-bond donors (Lipinski definition) is 1. The predicted molar refractivity (Wildman–Crippen MR) is 122 cm³/mol. The third-order valence-corrected chi connectivity index (χ3v) is 5.37. The number of benzene rings is 2. The van der Waals surface area contributed by atoms with Gasteiger partial charge in [-0.05, 0) is 67.4 Å². The van der Waals surface area contributed by atoms with Crippen LogP contribution in [0.3, 0.4) is 0 Å². The molecule has 0 aliphatic carbocycles. The van der Waals surface area contributed by atoms with Gasteiger partial charge in [0.15, 0.2) is 0 Å². The number of ether oxygens (including phenoxy) is 1. The Labute approximate surface area is 186 Å². The van der Waals surface area contributed by atoms with Crippen LogP contribution in [0.25, 0.3) is 10.9 Å². The summed E-state index contributed by atoms with van der Waals surface area (Å²) in [4.78, 5) is 28.8. The third kappa shape index (κ3) is 4.54. The van der Waals surface area contributed by atoms with Crippen molar-refractivity contribution >= 4 is 22.8 Å². The van der Waals surface area contributed by atoms with E-state index in [1.54, 1.807) is 41.0 Å². The van der Waals surface area contributed by atoms with Crippen LogP contribution in [0.4, 0.5) is 0 Å². The van der Waals surface area contributed by atoms with Crippen LogP contribution >= 0.6 is 0 Å². The van der Waals surface area contributed by atoms with Crippen molar-refractivity contribution in [3.8, 4) is 5.75 Å². The largest absolute Gasteiger partial charge is 0.493 e. The Morgan fingerprint density at radius 3 is 2.50 bits per heavy atom. The molecule has 0 aliphatic rings. The fraction of sp³-hybridized carbons (Fsp3) is 0.192. The second-order valence-corrected chi connectivity index (χ2v) is 7.80. The number of carboxylic acids is 1. The number of aliphatic carboxylic acids is 1. The van der Waals surface area contributed by atoms with Gasteiger partial charge in [-0.15, -0.1) is 0 Å². The Morgan fingerprint density at radius 2 is 1.81 bits per heavy atom. The van der Waals surface area contributed by atoms with E-state index in [1.165, 1.54) is 0 Å². The number of aryl methyl sites for hydroxylation is 2. The molecular formula is C26H24N2O4. The van der Waals surface area contributed by atoms with Crippen molar-refractivity contribution < 1.29 is 19.4 Å². The second-order valence-electron chi connectivity index (χ2n) is 7.80. The predicted octanol–water partition coefficient (Wildman–Crippen LogP) is 4.59. The molecule has 32 heavy (non-hydrogen) atoms. The molecule has 0 bridgehead atoms. The molecule has 0 unspecified atom stereocenters. The molecule has 0 aliphatic heterocycles. The Morgan fingerprint density at radius 1 is 1.03 bits per heavy atom. The van der Waals surface area contributed by atoms with Crippen LogP contribution in [-0.2, 0) is 17.6 Å². The normalized spacial score (nSPS) is 10.9. The molecule has 0 saturated heterocycles. The summed E-state index contributed by atoms with van der Waals surface area (Å²) in [5, 5.41) is 9.95. The average Bonchev–Trinajstić information content (AvgIpc) is 3.11. The van der Waals surface area contributed by atoms with Crippen LogP contribution in [0.2, 0.25) is 0 Å². The molecule has 6 nitrogen and oxygen atoms in total. The molecule has 0 fully saturated rings. The number of carbonyl (C=O) groups excluding carboxylic acids is 1. The summed E-state index contributed by atoms with van der Waals surface area (Å²) in [6, 6.07) is 18.3. The van der Waals surface area contributed by atoms with Crippen LogP contribution in [0.5, 0.6) is 5.75 Å². The van der Waals surface area contributed by atoms with E-state index in [0.717, 1.165) is 22.3 Å². The topological polar surface area (TPSA) is 81.4 Å². The highest BCUT2D eigenvalue weighted by molar-refractivity contribution is 6.04. The number of nitrogens with zero attached hydrogens (tertiary/aromatic N) is 2. The van der Waals surface area contributed by atoms with Crippen molar-refractivity contribution in [2.75, 3.05) is 6.61 Å². The number of pyridine rings is 1. The Hall–Kier alpha value is -3.93. The molecule has 2 heterocycles. The van der Waals surface area contributed by atoms with Gasteiger partial charge in [-0.2, -0.15) is 0 Å². The molecular weight excluding hydrogens is 404 g/mol. The Bertz CT molecular complexity index is 1270. The summed E-state index contributed by atoms with van der Waals surface area (Å²) >= 11 is 0. The lowest BCUT2D eigenvalue weighted by molar-refractivity contribution is -0.136. The van der Waals surface area contributed by atoms with Gasteiger partial charge in [0.1, 0.15) is 5.75 Å². The first kappa shape index (κ1) is 21.3. The zero-order valence-corrected chi connectivity index (χ0v) is 18.0. The first-order chi connectivity index (χ1) is 15.4. The first-order valence-electron chi connectivity index (χ1n) is 10.4. The zero-order chi connectivity index (χ0) is 22.7. The van der Waals surface area contributed by atoms with Crippen molar-refractivity contribution in [2.24, 2.45) is 0 Å². The quantitative estimate of drug-likeness (QED) is 0.466. The zero-order valence-electron chi connectivity index (χ0n) is 18.0. The lowest BCUT2D eigenvalue weighted by Crippen LogP contribution is -2.13. The highest BCUT2D eigenvalue weighted by Crippen LogP contribution is 2.25. The van der Waals surface area contributed by atoms with Crippen LogP contribution in [-0.4, -0.2) is 33.1 Å². The number of carboxylic acid groups (broad SMARTS) is 1. The Kier molecular flexibility index (Phi) is 6.03. The molecule has 4 rings (SSSR count). The van der Waals surface area contributed by atoms with E-state index in [1.807, 2.05) is 44.3 Å². The van der Waals surface area contributed by atoms with Gasteiger partial charge in [-0.25, -0.2) is 0 Å². The van der Waals surface area contributed by atoms with Crippen molar-refractivity contribution in [1.29, 1.82) is 0 Å². The van der Waals surface area contributed by atoms with Gasteiger partial charge in [0, 0.05) is 35.0 Å². The summed E-state index contributed by atoms with van der Waals surface area (Å²) in [5.41, 5.74) is 4.78. The molecule has 0 spiro atoms. The van der Waals surface area contributed by atoms with E-state index < -0.39 is 5.97 Å². The third-order valence-electron chi connectivity index (χ3n) is 5.37. The maximum atomic E-state index is 13.2. The minimum atomic E-state index is -0.900. The van der Waals surface area contributed by atoms with E-state index >= 15 is 0 Å². The number of carbonyl (C=O) groups is 2. The van der Waals surface area contributed by atoms with E-state index in [2.05, 4.69) is 4.98 Å². The average molecular weight is 428 g/mol. The van der Waals surface area contributed by atoms with Crippen molar-refractivity contribution in [2.45, 2.75) is 26.7 Å². The van der Waals surface area contributed by atoms with Crippen LogP contribution in [0.1, 0.15) is 32.9 Å². The standard InChI is InChI=1S/C26H24N2O4/c1-17-6-9-21(27-16-17)12-13-32-22-10-7-19(8-11-22)26(31)28-18(2)14-23-20(15-25(29)30)4-3-5-24(23)28/h3-11,14,16H,12-13,15H2,1-2H3,(H,29,30). The maximum absolute atomic E-state index is 13.2. The van der Waals surface area contributed by atoms with Gasteiger partial charge < -0.3 is 9.84 Å². The number of fused-ring (bicyclic) bond motifs is 1. The van der Waals surface area contributed by atoms with Gasteiger partial charge >= 0.3 is 5.97 Å². The number of rotatable bonds is 7. The lowest BCUT2D eigenvalue weighted by atomic mass is 10.1. The van der Waals surface area contributed by atoms with Crippen LogP contribution in [0, 0.1) is 13.8 Å². The van der Waals surface area contributed by atoms with E-state index in [-0.39, 0.29) is 12.3 Å². The molecule has 0 saturated carbocycles. The van der Waals surface area contributed by atoms with Gasteiger partial charge in [0.2, 0.25) is 0 Å². The molecule has 0 atom stereocenters. The van der Waals surface area contributed by atoms with Gasteiger partial charge in [0.05, 0.1) is 18.5 Å². The number of aromatic nitrogens is 2. The van der Waals surface area contributed by atoms with E-state index in [4.69, 9.17) is 9.84 Å². The van der Waals surface area contributed by atoms with Gasteiger partial charge in [0.25, 0.3) is 5.91 Å². The summed E-state index contributed by atoms with van der Waals surface area (Å²) in [5.74, 6) is -0.380. The molecule has 2 aromatic carbocycles. The SMILES string of the molecule is Cc1ccc(CCOc2ccc(C(=O)n3c(C)cc4c(CC(=O)O)cccc43)cc2)nc1. The van der Waals surface area contributed by atoms with Crippen molar-refractivity contribution in [3.63, 3.8) is 0 Å². The fourth-order valence-electron chi connectivity index (χ4n) is 3.75. The highest BCUT2D eigenvalue weighted by atomic mass is 16.5. The maximum Gasteiger partial charge on any atom is 0.307 e. The molecule has 6 heteroatoms. The lowest BCUT2D eigenvalue weighted by Gasteiger charge is -2.10. The number of hydrogen-bond acceptors (Lipinski definition) is 4. The molecule has 2 aromatic heterocycles. The first-order valence-corrected chi connectivity index (χ1v) is 10.4. The fourth-order valence-corrected chi connectivity index (χ4v) is 3.75. The van der Waals surface area contributed by atoms with E-state index in [9.17, 15) is 9.59 Å². The minimum Gasteiger partial charge on any atom is -0.493 e. The van der Waals surface area contributed by atoms with Crippen molar-refractivity contribution in [3.05, 3.63) is 94.9 Å². The monoisotopic (exact) mass is 428 g/mol. The van der Waals surface area contributed by atoms with Gasteiger partial charge in [-0.3, -0.25) is 19.1 Å². The molecule has 4 aromatic rings. The smallest absolute Gasteiger partial charge is 0.307 e. The molecule has 0 radical (unpaired) electrons. The summed E-state index contributed by atoms with van der Waals surface area (Å²) in [6.45, 7) is 4.35. The summed E-state index contributed by atoms with van der Waals surface area (Å²) < 4.78 is 7.42. The molecule has 1 N–H and O–H groups in total. The second kappa shape index (κ2) is 9.06. The van der Waals surface area contributed by atoms with E-state index in [0.29, 0.717) is 35.4 Å². The van der Waals surface area contributed by atoms with Gasteiger partial charge in [-0.1, -0.05) is 18.2 Å². The minimum absolute atomic E-state index is 0.0842. The van der Waals surface area contributed by atoms with Crippen LogP contribution < -0.4 is 4.74 Å². The highest BCUT2D eigenvalue weighted by Gasteiger charge is 2.17. The Balaban J connectivity index is 1.49. The molecule has 162 valence electrons. The summed E-state index contributed by atoms with van der Waals surface area (Å²) in [7, 11) is 0. The summed E-state index contributed by atoms with van der Waals surface area (Å²) in [6.07, 6.45) is 2.46. The molecule has 0 amide bonds. The van der Waals surface area contributed by atoms with Crippen molar-refractivity contribution in [1.82, 2.24) is 9.55 Å². The van der Waals surface area contributed by atoms with Crippen LogP contribution in [0.15, 0.2) is 66.9 Å².